The van der Waals surface area contributed by atoms with Crippen molar-refractivity contribution in [2.75, 3.05) is 22.4 Å². The maximum atomic E-state index is 13.4. The lowest BCUT2D eigenvalue weighted by atomic mass is 10.2. The molecule has 0 aromatic heterocycles. The summed E-state index contributed by atoms with van der Waals surface area (Å²) in [5.41, 5.74) is 1.57. The van der Waals surface area contributed by atoms with E-state index in [0.29, 0.717) is 23.5 Å². The first-order chi connectivity index (χ1) is 15.0. The van der Waals surface area contributed by atoms with E-state index in [0.717, 1.165) is 17.7 Å². The number of sulfonamides is 1. The van der Waals surface area contributed by atoms with Gasteiger partial charge in [-0.05, 0) is 61.2 Å². The molecule has 3 aromatic carbocycles. The number of amides is 1. The molecule has 3 rings (SSSR count). The summed E-state index contributed by atoms with van der Waals surface area (Å²) in [6, 6.07) is 22.7. The zero-order valence-electron chi connectivity index (χ0n) is 17.6. The van der Waals surface area contributed by atoms with Gasteiger partial charge < -0.3 is 5.32 Å². The first kappa shape index (κ1) is 22.9. The Hall–Kier alpha value is -2.77. The summed E-state index contributed by atoms with van der Waals surface area (Å²) in [5.74, 6) is -0.352. The normalized spacial score (nSPS) is 11.2. The molecule has 0 saturated heterocycles. The van der Waals surface area contributed by atoms with Crippen LogP contribution in [0.4, 0.5) is 11.4 Å². The van der Waals surface area contributed by atoms with Crippen LogP contribution >= 0.6 is 11.8 Å². The summed E-state index contributed by atoms with van der Waals surface area (Å²) in [5, 5.41) is 2.85. The zero-order chi connectivity index (χ0) is 22.3. The van der Waals surface area contributed by atoms with Gasteiger partial charge in [-0.3, -0.25) is 9.10 Å². The summed E-state index contributed by atoms with van der Waals surface area (Å²) < 4.78 is 28.3. The fourth-order valence-electron chi connectivity index (χ4n) is 3.11. The highest BCUT2D eigenvalue weighted by atomic mass is 32.2. The van der Waals surface area contributed by atoms with Gasteiger partial charge in [0.1, 0.15) is 0 Å². The van der Waals surface area contributed by atoms with Crippen LogP contribution in [0.15, 0.2) is 88.7 Å². The second-order valence-electron chi connectivity index (χ2n) is 6.98. The van der Waals surface area contributed by atoms with E-state index in [1.54, 1.807) is 42.1 Å². The van der Waals surface area contributed by atoms with Gasteiger partial charge in [-0.15, -0.1) is 11.8 Å². The standard InChI is InChI=1S/C24H26N2O3S2/c1-3-4-16-26(21-12-6-5-7-13-21)31(28,29)23-15-8-10-19(17-23)24(27)25-20-11-9-14-22(18-20)30-2/h5-15,17-18H,3-4,16H2,1-2H3,(H,25,27). The molecule has 3 aromatic rings. The molecule has 1 N–H and O–H groups in total. The van der Waals surface area contributed by atoms with E-state index in [1.165, 1.54) is 16.4 Å². The Bertz CT molecular complexity index is 1130. The van der Waals surface area contributed by atoms with Crippen molar-refractivity contribution in [3.63, 3.8) is 0 Å². The maximum absolute atomic E-state index is 13.4. The molecule has 0 aliphatic carbocycles. The minimum atomic E-state index is -3.82. The van der Waals surface area contributed by atoms with E-state index < -0.39 is 10.0 Å². The van der Waals surface area contributed by atoms with Gasteiger partial charge in [0.25, 0.3) is 15.9 Å². The van der Waals surface area contributed by atoms with Crippen LogP contribution in [0.3, 0.4) is 0 Å². The van der Waals surface area contributed by atoms with E-state index in [9.17, 15) is 13.2 Å². The average molecular weight is 455 g/mol. The van der Waals surface area contributed by atoms with E-state index in [1.807, 2.05) is 49.6 Å². The number of unbranched alkanes of at least 4 members (excludes halogenated alkanes) is 1. The number of carbonyl (C=O) groups is 1. The van der Waals surface area contributed by atoms with Gasteiger partial charge in [-0.1, -0.05) is 43.7 Å². The molecule has 0 aliphatic rings. The van der Waals surface area contributed by atoms with Crippen LogP contribution < -0.4 is 9.62 Å². The topological polar surface area (TPSA) is 66.5 Å². The molecule has 31 heavy (non-hydrogen) atoms. The van der Waals surface area contributed by atoms with Crippen molar-refractivity contribution in [2.45, 2.75) is 29.6 Å². The molecular weight excluding hydrogens is 428 g/mol. The predicted molar refractivity (Wildman–Crippen MR) is 129 cm³/mol. The molecule has 0 spiro atoms. The van der Waals surface area contributed by atoms with Gasteiger partial charge in [0.2, 0.25) is 0 Å². The molecule has 162 valence electrons. The van der Waals surface area contributed by atoms with E-state index in [-0.39, 0.29) is 10.8 Å². The third kappa shape index (κ3) is 5.68. The average Bonchev–Trinajstić information content (AvgIpc) is 2.80. The molecule has 0 aliphatic heterocycles. The van der Waals surface area contributed by atoms with Crippen molar-refractivity contribution >= 4 is 39.1 Å². The molecule has 1 amide bonds. The van der Waals surface area contributed by atoms with Crippen LogP contribution in [0.2, 0.25) is 0 Å². The smallest absolute Gasteiger partial charge is 0.264 e. The van der Waals surface area contributed by atoms with E-state index >= 15 is 0 Å². The summed E-state index contributed by atoms with van der Waals surface area (Å²) in [6.07, 6.45) is 3.57. The van der Waals surface area contributed by atoms with Gasteiger partial charge >= 0.3 is 0 Å². The first-order valence-corrected chi connectivity index (χ1v) is 12.8. The third-order valence-electron chi connectivity index (χ3n) is 4.77. The van der Waals surface area contributed by atoms with Crippen molar-refractivity contribution in [3.8, 4) is 0 Å². The van der Waals surface area contributed by atoms with Crippen LogP contribution in [0.1, 0.15) is 30.1 Å². The molecule has 0 fully saturated rings. The lowest BCUT2D eigenvalue weighted by molar-refractivity contribution is 0.102. The highest BCUT2D eigenvalue weighted by molar-refractivity contribution is 7.98. The van der Waals surface area contributed by atoms with Gasteiger partial charge in [0.05, 0.1) is 10.6 Å². The van der Waals surface area contributed by atoms with Gasteiger partial charge in [0, 0.05) is 22.7 Å². The molecule has 0 atom stereocenters. The summed E-state index contributed by atoms with van der Waals surface area (Å²) in [7, 11) is -3.82. The number of anilines is 2. The Balaban J connectivity index is 1.90. The summed E-state index contributed by atoms with van der Waals surface area (Å²) in [6.45, 7) is 2.40. The van der Waals surface area contributed by atoms with Gasteiger partial charge in [-0.2, -0.15) is 0 Å². The molecule has 0 saturated carbocycles. The monoisotopic (exact) mass is 454 g/mol. The van der Waals surface area contributed by atoms with Crippen molar-refractivity contribution in [3.05, 3.63) is 84.4 Å². The van der Waals surface area contributed by atoms with E-state index in [2.05, 4.69) is 5.32 Å². The Labute approximate surface area is 188 Å². The summed E-state index contributed by atoms with van der Waals surface area (Å²) >= 11 is 1.58. The first-order valence-electron chi connectivity index (χ1n) is 10.1. The number of hydrogen-bond acceptors (Lipinski definition) is 4. The number of rotatable bonds is 9. The number of hydrogen-bond donors (Lipinski definition) is 1. The minimum Gasteiger partial charge on any atom is -0.322 e. The summed E-state index contributed by atoms with van der Waals surface area (Å²) in [4.78, 5) is 13.9. The maximum Gasteiger partial charge on any atom is 0.264 e. The molecule has 5 nitrogen and oxygen atoms in total. The molecule has 0 bridgehead atoms. The largest absolute Gasteiger partial charge is 0.322 e. The van der Waals surface area contributed by atoms with Crippen molar-refractivity contribution in [1.29, 1.82) is 0 Å². The molecule has 0 radical (unpaired) electrons. The fourth-order valence-corrected chi connectivity index (χ4v) is 5.12. The van der Waals surface area contributed by atoms with Crippen LogP contribution in [-0.4, -0.2) is 27.1 Å². The Morgan fingerprint density at radius 2 is 1.71 bits per heavy atom. The molecular formula is C24H26N2O3S2. The number of para-hydroxylation sites is 1. The van der Waals surface area contributed by atoms with Crippen LogP contribution in [-0.2, 0) is 10.0 Å². The highest BCUT2D eigenvalue weighted by Gasteiger charge is 2.25. The molecule has 0 unspecified atom stereocenters. The number of carbonyl (C=O) groups excluding carboxylic acids is 1. The number of benzene rings is 3. The number of nitrogens with one attached hydrogen (secondary N) is 1. The third-order valence-corrected chi connectivity index (χ3v) is 7.32. The minimum absolute atomic E-state index is 0.0953. The SMILES string of the molecule is CCCCN(c1ccccc1)S(=O)(=O)c1cccc(C(=O)Nc2cccc(SC)c2)c1. The highest BCUT2D eigenvalue weighted by Crippen LogP contribution is 2.25. The lowest BCUT2D eigenvalue weighted by Crippen LogP contribution is -2.32. The Morgan fingerprint density at radius 3 is 2.42 bits per heavy atom. The van der Waals surface area contributed by atoms with Gasteiger partial charge in [0.15, 0.2) is 0 Å². The lowest BCUT2D eigenvalue weighted by Gasteiger charge is -2.24. The Kier molecular flexibility index (Phi) is 7.76. The number of nitrogens with zero attached hydrogens (tertiary/aromatic N) is 1. The quantitative estimate of drug-likeness (QED) is 0.424. The van der Waals surface area contributed by atoms with E-state index in [4.69, 9.17) is 0 Å². The Morgan fingerprint density at radius 1 is 0.968 bits per heavy atom. The zero-order valence-corrected chi connectivity index (χ0v) is 19.2. The molecule has 0 heterocycles. The fraction of sp³-hybridized carbons (Fsp3) is 0.208. The van der Waals surface area contributed by atoms with Gasteiger partial charge in [-0.25, -0.2) is 8.42 Å². The van der Waals surface area contributed by atoms with Crippen molar-refractivity contribution in [1.82, 2.24) is 0 Å². The predicted octanol–water partition coefficient (Wildman–Crippen LogP) is 5.66. The van der Waals surface area contributed by atoms with Crippen molar-refractivity contribution < 1.29 is 13.2 Å². The van der Waals surface area contributed by atoms with Crippen LogP contribution in [0, 0.1) is 0 Å². The van der Waals surface area contributed by atoms with Crippen LogP contribution in [0.25, 0.3) is 0 Å². The number of thioether (sulfide) groups is 1. The van der Waals surface area contributed by atoms with Crippen molar-refractivity contribution in [2.24, 2.45) is 0 Å². The van der Waals surface area contributed by atoms with Crippen LogP contribution in [0.5, 0.6) is 0 Å². The second-order valence-corrected chi connectivity index (χ2v) is 9.72. The second kappa shape index (κ2) is 10.5. The molecule has 7 heteroatoms.